The second kappa shape index (κ2) is 9.03. The van der Waals surface area contributed by atoms with Gasteiger partial charge >= 0.3 is 0 Å². The standard InChI is InChI=1S/C21H19N3O3S3/c1-2-24(17-7-4-3-5-8-17)30(25,26)18-10-11-20(22-13-18)28-14-16-15-29-21(23-16)19-9-6-12-27-19/h3-13,15H,2,14H2,1H3. The zero-order chi connectivity index (χ0) is 21.0. The van der Waals surface area contributed by atoms with E-state index in [9.17, 15) is 8.42 Å². The Morgan fingerprint density at radius 2 is 1.93 bits per heavy atom. The minimum Gasteiger partial charge on any atom is -0.462 e. The lowest BCUT2D eigenvalue weighted by molar-refractivity contribution is 0.581. The van der Waals surface area contributed by atoms with Crippen LogP contribution < -0.4 is 4.31 Å². The molecule has 154 valence electrons. The number of sulfonamides is 1. The molecule has 0 spiro atoms. The van der Waals surface area contributed by atoms with E-state index in [1.807, 2.05) is 42.6 Å². The second-order valence-corrected chi connectivity index (χ2v) is 9.96. The van der Waals surface area contributed by atoms with Crippen molar-refractivity contribution in [1.82, 2.24) is 9.97 Å². The van der Waals surface area contributed by atoms with Crippen LogP contribution in [0.4, 0.5) is 5.69 Å². The number of hydrogen-bond donors (Lipinski definition) is 0. The molecule has 0 radical (unpaired) electrons. The van der Waals surface area contributed by atoms with Gasteiger partial charge in [-0.05, 0) is 43.3 Å². The van der Waals surface area contributed by atoms with Gasteiger partial charge < -0.3 is 4.42 Å². The number of thioether (sulfide) groups is 1. The monoisotopic (exact) mass is 457 g/mol. The zero-order valence-electron chi connectivity index (χ0n) is 16.1. The van der Waals surface area contributed by atoms with Crippen molar-refractivity contribution < 1.29 is 12.8 Å². The summed E-state index contributed by atoms with van der Waals surface area (Å²) < 4.78 is 32.8. The van der Waals surface area contributed by atoms with Gasteiger partial charge in [0.15, 0.2) is 10.8 Å². The molecule has 3 aromatic heterocycles. The molecule has 4 rings (SSSR count). The minimum absolute atomic E-state index is 0.173. The second-order valence-electron chi connectivity index (χ2n) is 6.25. The quantitative estimate of drug-likeness (QED) is 0.334. The van der Waals surface area contributed by atoms with E-state index >= 15 is 0 Å². The highest BCUT2D eigenvalue weighted by Crippen LogP contribution is 2.28. The third kappa shape index (κ3) is 4.43. The Kier molecular flexibility index (Phi) is 6.21. The predicted molar refractivity (Wildman–Crippen MR) is 120 cm³/mol. The first-order valence-electron chi connectivity index (χ1n) is 9.23. The van der Waals surface area contributed by atoms with Crippen LogP contribution in [0.5, 0.6) is 0 Å². The van der Waals surface area contributed by atoms with Crippen LogP contribution >= 0.6 is 23.1 Å². The lowest BCUT2D eigenvalue weighted by Crippen LogP contribution is -2.30. The lowest BCUT2D eigenvalue weighted by atomic mass is 10.3. The first-order valence-corrected chi connectivity index (χ1v) is 12.5. The summed E-state index contributed by atoms with van der Waals surface area (Å²) in [4.78, 5) is 9.08. The average molecular weight is 458 g/mol. The number of anilines is 1. The molecular weight excluding hydrogens is 438 g/mol. The average Bonchev–Trinajstić information content (AvgIpc) is 3.46. The molecule has 4 aromatic rings. The fourth-order valence-electron chi connectivity index (χ4n) is 2.85. The van der Waals surface area contributed by atoms with Gasteiger partial charge in [-0.3, -0.25) is 4.31 Å². The minimum atomic E-state index is -3.67. The summed E-state index contributed by atoms with van der Waals surface area (Å²) >= 11 is 3.04. The summed E-state index contributed by atoms with van der Waals surface area (Å²) in [6.07, 6.45) is 3.04. The maximum Gasteiger partial charge on any atom is 0.265 e. The van der Waals surface area contributed by atoms with Crippen molar-refractivity contribution in [2.45, 2.75) is 22.6 Å². The molecule has 3 heterocycles. The highest BCUT2D eigenvalue weighted by Gasteiger charge is 2.23. The molecule has 0 unspecified atom stereocenters. The number of benzene rings is 1. The van der Waals surface area contributed by atoms with Crippen molar-refractivity contribution in [3.05, 3.63) is 78.1 Å². The van der Waals surface area contributed by atoms with Crippen LogP contribution in [0.3, 0.4) is 0 Å². The lowest BCUT2D eigenvalue weighted by Gasteiger charge is -2.22. The Morgan fingerprint density at radius 3 is 2.60 bits per heavy atom. The fraction of sp³-hybridized carbons (Fsp3) is 0.143. The van der Waals surface area contributed by atoms with Gasteiger partial charge in [0, 0.05) is 23.9 Å². The third-order valence-electron chi connectivity index (χ3n) is 4.28. The number of nitrogens with zero attached hydrogens (tertiary/aromatic N) is 3. The normalized spacial score (nSPS) is 11.5. The molecule has 0 amide bonds. The first-order chi connectivity index (χ1) is 14.6. The number of para-hydroxylation sites is 1. The van der Waals surface area contributed by atoms with Gasteiger partial charge in [0.2, 0.25) is 0 Å². The smallest absolute Gasteiger partial charge is 0.265 e. The number of thiazole rings is 1. The summed E-state index contributed by atoms with van der Waals surface area (Å²) in [7, 11) is -3.67. The van der Waals surface area contributed by atoms with Gasteiger partial charge in [-0.2, -0.15) is 0 Å². The molecule has 0 atom stereocenters. The summed E-state index contributed by atoms with van der Waals surface area (Å²) in [5.74, 6) is 1.39. The van der Waals surface area contributed by atoms with E-state index in [2.05, 4.69) is 9.97 Å². The van der Waals surface area contributed by atoms with Gasteiger partial charge in [0.05, 0.1) is 22.7 Å². The van der Waals surface area contributed by atoms with E-state index in [1.54, 1.807) is 30.5 Å². The highest BCUT2D eigenvalue weighted by atomic mass is 32.2. The molecule has 6 nitrogen and oxygen atoms in total. The molecule has 9 heteroatoms. The van der Waals surface area contributed by atoms with Gasteiger partial charge in [-0.25, -0.2) is 18.4 Å². The van der Waals surface area contributed by atoms with E-state index in [-0.39, 0.29) is 4.90 Å². The van der Waals surface area contributed by atoms with Crippen LogP contribution in [0.1, 0.15) is 12.6 Å². The van der Waals surface area contributed by atoms with Crippen LogP contribution in [0.15, 0.2) is 86.8 Å². The Bertz CT molecular complexity index is 1190. The number of furan rings is 1. The molecule has 1 aromatic carbocycles. The number of rotatable bonds is 8. The van der Waals surface area contributed by atoms with E-state index in [0.29, 0.717) is 18.0 Å². The Labute approximate surface area is 183 Å². The van der Waals surface area contributed by atoms with Crippen molar-refractivity contribution in [2.24, 2.45) is 0 Å². The van der Waals surface area contributed by atoms with Crippen molar-refractivity contribution >= 4 is 38.8 Å². The summed E-state index contributed by atoms with van der Waals surface area (Å²) in [5, 5.41) is 3.57. The number of hydrogen-bond acceptors (Lipinski definition) is 7. The molecule has 0 aliphatic heterocycles. The van der Waals surface area contributed by atoms with Gasteiger partial charge in [0.25, 0.3) is 10.0 Å². The topological polar surface area (TPSA) is 76.3 Å². The fourth-order valence-corrected chi connectivity index (χ4v) is 5.90. The molecule has 0 bridgehead atoms. The van der Waals surface area contributed by atoms with Crippen molar-refractivity contribution in [3.8, 4) is 10.8 Å². The maximum absolute atomic E-state index is 13.0. The highest BCUT2D eigenvalue weighted by molar-refractivity contribution is 7.98. The molecular formula is C21H19N3O3S3. The molecule has 0 fully saturated rings. The van der Waals surface area contributed by atoms with Gasteiger partial charge in [-0.15, -0.1) is 23.1 Å². The molecule has 0 aliphatic carbocycles. The van der Waals surface area contributed by atoms with Crippen LogP contribution in [0.25, 0.3) is 10.8 Å². The summed E-state index contributed by atoms with van der Waals surface area (Å²) in [6.45, 7) is 2.15. The summed E-state index contributed by atoms with van der Waals surface area (Å²) in [5.41, 5.74) is 1.56. The molecule has 30 heavy (non-hydrogen) atoms. The van der Waals surface area contributed by atoms with Crippen LogP contribution in [0.2, 0.25) is 0 Å². The summed E-state index contributed by atoms with van der Waals surface area (Å²) in [6, 6.07) is 16.1. The van der Waals surface area contributed by atoms with Crippen molar-refractivity contribution in [1.29, 1.82) is 0 Å². The molecule has 0 saturated heterocycles. The predicted octanol–water partition coefficient (Wildman–Crippen LogP) is 5.31. The Balaban J connectivity index is 1.45. The van der Waals surface area contributed by atoms with Crippen molar-refractivity contribution in [3.63, 3.8) is 0 Å². The molecule has 0 aliphatic rings. The Morgan fingerprint density at radius 1 is 1.10 bits per heavy atom. The van der Waals surface area contributed by atoms with Crippen LogP contribution in [-0.2, 0) is 15.8 Å². The Hall–Kier alpha value is -2.62. The number of pyridine rings is 1. The van der Waals surface area contributed by atoms with E-state index in [4.69, 9.17) is 4.42 Å². The van der Waals surface area contributed by atoms with Gasteiger partial charge in [-0.1, -0.05) is 18.2 Å². The maximum atomic E-state index is 13.0. The molecule has 0 N–H and O–H groups in total. The van der Waals surface area contributed by atoms with Gasteiger partial charge in [0.1, 0.15) is 4.90 Å². The molecule has 0 saturated carbocycles. The largest absolute Gasteiger partial charge is 0.462 e. The van der Waals surface area contributed by atoms with Crippen molar-refractivity contribution in [2.75, 3.05) is 10.8 Å². The van der Waals surface area contributed by atoms with Crippen LogP contribution in [-0.4, -0.2) is 24.9 Å². The number of aromatic nitrogens is 2. The third-order valence-corrected chi connectivity index (χ3v) is 8.05. The SMILES string of the molecule is CCN(c1ccccc1)S(=O)(=O)c1ccc(SCc2csc(-c3ccco3)n2)nc1. The van der Waals surface area contributed by atoms with E-state index < -0.39 is 10.0 Å². The zero-order valence-corrected chi connectivity index (χ0v) is 18.6. The first kappa shape index (κ1) is 20.6. The van der Waals surface area contributed by atoms with E-state index in [0.717, 1.165) is 21.5 Å². The van der Waals surface area contributed by atoms with E-state index in [1.165, 1.54) is 33.6 Å². The van der Waals surface area contributed by atoms with Crippen LogP contribution in [0, 0.1) is 0 Å².